The number of amides is 1. The zero-order valence-electron chi connectivity index (χ0n) is 12.8. The van der Waals surface area contributed by atoms with Gasteiger partial charge in [0.15, 0.2) is 0 Å². The van der Waals surface area contributed by atoms with Crippen LogP contribution in [-0.2, 0) is 9.53 Å². The molecule has 130 valence electrons. The van der Waals surface area contributed by atoms with Crippen molar-refractivity contribution in [2.45, 2.75) is 18.9 Å². The average Bonchev–Trinajstić information content (AvgIpc) is 3.03. The number of ether oxygens (including phenoxy) is 1. The summed E-state index contributed by atoms with van der Waals surface area (Å²) in [4.78, 5) is 12.3. The maximum absolute atomic E-state index is 12.3. The number of nitrogens with one attached hydrogen (secondary N) is 1. The smallest absolute Gasteiger partial charge is 0.243 e. The van der Waals surface area contributed by atoms with E-state index >= 15 is 0 Å². The number of nitrogens with zero attached hydrogens (tertiary/aromatic N) is 2. The van der Waals surface area contributed by atoms with Gasteiger partial charge in [0, 0.05) is 23.8 Å². The van der Waals surface area contributed by atoms with Crippen molar-refractivity contribution in [1.82, 2.24) is 10.2 Å². The Morgan fingerprint density at radius 1 is 1.38 bits per heavy atom. The van der Waals surface area contributed by atoms with Crippen LogP contribution in [0.2, 0.25) is 5.02 Å². The molecular formula is C15H18Cl2N4O2S. The summed E-state index contributed by atoms with van der Waals surface area (Å²) in [6.45, 7) is 1.31. The average molecular weight is 389 g/mol. The highest BCUT2D eigenvalue weighted by atomic mass is 35.5. The van der Waals surface area contributed by atoms with Crippen LogP contribution in [0.1, 0.15) is 12.8 Å². The molecule has 9 heteroatoms. The van der Waals surface area contributed by atoms with E-state index in [4.69, 9.17) is 22.1 Å². The van der Waals surface area contributed by atoms with Crippen molar-refractivity contribution in [3.8, 4) is 10.6 Å². The normalized spacial score (nSPS) is 16.2. The predicted octanol–water partition coefficient (Wildman–Crippen LogP) is 2.97. The van der Waals surface area contributed by atoms with Crippen LogP contribution >= 0.6 is 35.3 Å². The minimum absolute atomic E-state index is 0. The Bertz CT molecular complexity index is 692. The molecule has 6 nitrogen and oxygen atoms in total. The van der Waals surface area contributed by atoms with Gasteiger partial charge in [-0.2, -0.15) is 0 Å². The molecule has 1 aliphatic rings. The Morgan fingerprint density at radius 3 is 2.83 bits per heavy atom. The van der Waals surface area contributed by atoms with Crippen LogP contribution < -0.4 is 11.1 Å². The quantitative estimate of drug-likeness (QED) is 0.839. The molecule has 1 saturated heterocycles. The second-order valence-electron chi connectivity index (χ2n) is 5.39. The summed E-state index contributed by atoms with van der Waals surface area (Å²) < 4.78 is 5.29. The van der Waals surface area contributed by atoms with Crippen LogP contribution in [0.3, 0.4) is 0 Å². The van der Waals surface area contributed by atoms with E-state index in [1.807, 2.05) is 12.1 Å². The number of benzene rings is 1. The molecule has 0 aliphatic carbocycles. The molecule has 0 spiro atoms. The molecule has 1 aliphatic heterocycles. The van der Waals surface area contributed by atoms with Gasteiger partial charge in [0.25, 0.3) is 0 Å². The Balaban J connectivity index is 0.00000208. The van der Waals surface area contributed by atoms with Crippen molar-refractivity contribution in [3.05, 3.63) is 29.3 Å². The lowest BCUT2D eigenvalue weighted by atomic mass is 9.92. The third kappa shape index (κ3) is 4.64. The Hall–Kier alpha value is -1.25. The molecule has 2 heterocycles. The maximum Gasteiger partial charge on any atom is 0.243 e. The molecular weight excluding hydrogens is 371 g/mol. The Kier molecular flexibility index (Phi) is 6.94. The molecule has 3 rings (SSSR count). The van der Waals surface area contributed by atoms with Gasteiger partial charge in [0.2, 0.25) is 11.0 Å². The number of carbonyl (C=O) groups is 1. The summed E-state index contributed by atoms with van der Waals surface area (Å²) in [6, 6.07) is 6.78. The van der Waals surface area contributed by atoms with E-state index in [0.29, 0.717) is 28.4 Å². The van der Waals surface area contributed by atoms with E-state index in [9.17, 15) is 4.79 Å². The molecule has 1 aromatic heterocycles. The second kappa shape index (κ2) is 8.73. The maximum atomic E-state index is 12.3. The highest BCUT2D eigenvalue weighted by Gasteiger charge is 2.27. The van der Waals surface area contributed by atoms with Gasteiger partial charge in [0.05, 0.1) is 6.04 Å². The standard InChI is InChI=1S/C15H17ClN4O2S.ClH/c16-11-3-1-2-10(8-11)14-19-20-15(23-14)18-13(21)12(17)9-4-6-22-7-5-9;/h1-3,8-9,12H,4-7,17H2,(H,18,20,21);1H. The van der Waals surface area contributed by atoms with Crippen LogP contribution in [0.4, 0.5) is 5.13 Å². The van der Waals surface area contributed by atoms with Crippen molar-refractivity contribution in [2.24, 2.45) is 11.7 Å². The van der Waals surface area contributed by atoms with Gasteiger partial charge in [0.1, 0.15) is 5.01 Å². The minimum Gasteiger partial charge on any atom is -0.381 e. The number of rotatable bonds is 4. The number of carbonyl (C=O) groups excluding carboxylic acids is 1. The van der Waals surface area contributed by atoms with Crippen LogP contribution in [0.25, 0.3) is 10.6 Å². The second-order valence-corrected chi connectivity index (χ2v) is 6.80. The Morgan fingerprint density at radius 2 is 2.12 bits per heavy atom. The fourth-order valence-corrected chi connectivity index (χ4v) is 3.42. The van der Waals surface area contributed by atoms with Crippen molar-refractivity contribution >= 4 is 46.4 Å². The summed E-state index contributed by atoms with van der Waals surface area (Å²) in [7, 11) is 0. The lowest BCUT2D eigenvalue weighted by Crippen LogP contribution is -2.43. The van der Waals surface area contributed by atoms with Gasteiger partial charge < -0.3 is 10.5 Å². The number of halogens is 2. The van der Waals surface area contributed by atoms with Crippen LogP contribution in [0.5, 0.6) is 0 Å². The third-order valence-electron chi connectivity index (χ3n) is 3.80. The van der Waals surface area contributed by atoms with Crippen molar-refractivity contribution in [2.75, 3.05) is 18.5 Å². The summed E-state index contributed by atoms with van der Waals surface area (Å²) in [5.74, 6) is -0.0882. The number of anilines is 1. The van der Waals surface area contributed by atoms with Gasteiger partial charge in [-0.3, -0.25) is 10.1 Å². The molecule has 0 bridgehead atoms. The van der Waals surface area contributed by atoms with Gasteiger partial charge in [-0.25, -0.2) is 0 Å². The summed E-state index contributed by atoms with van der Waals surface area (Å²) in [5.41, 5.74) is 6.91. The zero-order valence-corrected chi connectivity index (χ0v) is 15.2. The molecule has 24 heavy (non-hydrogen) atoms. The molecule has 2 aromatic rings. The first-order valence-corrected chi connectivity index (χ1v) is 8.56. The van der Waals surface area contributed by atoms with Crippen molar-refractivity contribution < 1.29 is 9.53 Å². The van der Waals surface area contributed by atoms with Gasteiger partial charge in [-0.1, -0.05) is 35.1 Å². The first-order chi connectivity index (χ1) is 11.1. The van der Waals surface area contributed by atoms with E-state index < -0.39 is 6.04 Å². The number of nitrogens with two attached hydrogens (primary N) is 1. The van der Waals surface area contributed by atoms with E-state index in [2.05, 4.69) is 15.5 Å². The number of hydrogen-bond acceptors (Lipinski definition) is 6. The molecule has 1 fully saturated rings. The van der Waals surface area contributed by atoms with Crippen LogP contribution in [-0.4, -0.2) is 35.4 Å². The fourth-order valence-electron chi connectivity index (χ4n) is 2.49. The highest BCUT2D eigenvalue weighted by Crippen LogP contribution is 2.28. The SMILES string of the molecule is Cl.NC(C(=O)Nc1nnc(-c2cccc(Cl)c2)s1)C1CCOCC1. The van der Waals surface area contributed by atoms with Crippen LogP contribution in [0.15, 0.2) is 24.3 Å². The number of aromatic nitrogens is 2. The van der Waals surface area contributed by atoms with Gasteiger partial charge in [-0.05, 0) is 30.9 Å². The van der Waals surface area contributed by atoms with E-state index in [1.165, 1.54) is 11.3 Å². The van der Waals surface area contributed by atoms with Gasteiger partial charge >= 0.3 is 0 Å². The molecule has 1 amide bonds. The zero-order chi connectivity index (χ0) is 16.2. The summed E-state index contributed by atoms with van der Waals surface area (Å²) in [6.07, 6.45) is 1.61. The van der Waals surface area contributed by atoms with Crippen LogP contribution in [0, 0.1) is 5.92 Å². The molecule has 3 N–H and O–H groups in total. The van der Waals surface area contributed by atoms with E-state index in [1.54, 1.807) is 12.1 Å². The monoisotopic (exact) mass is 388 g/mol. The van der Waals surface area contributed by atoms with Crippen molar-refractivity contribution in [3.63, 3.8) is 0 Å². The summed E-state index contributed by atoms with van der Waals surface area (Å²) >= 11 is 7.27. The van der Waals surface area contributed by atoms with E-state index in [0.717, 1.165) is 18.4 Å². The largest absolute Gasteiger partial charge is 0.381 e. The highest BCUT2D eigenvalue weighted by molar-refractivity contribution is 7.18. The Labute approximate surface area is 155 Å². The predicted molar refractivity (Wildman–Crippen MR) is 97.8 cm³/mol. The van der Waals surface area contributed by atoms with Crippen molar-refractivity contribution in [1.29, 1.82) is 0 Å². The molecule has 1 atom stereocenters. The summed E-state index contributed by atoms with van der Waals surface area (Å²) in [5, 5.41) is 12.6. The molecule has 0 radical (unpaired) electrons. The lowest BCUT2D eigenvalue weighted by molar-refractivity contribution is -0.119. The topological polar surface area (TPSA) is 90.1 Å². The number of hydrogen-bond donors (Lipinski definition) is 2. The molecule has 0 saturated carbocycles. The molecule has 1 unspecified atom stereocenters. The first-order valence-electron chi connectivity index (χ1n) is 7.37. The first kappa shape index (κ1) is 19.1. The van der Waals surface area contributed by atoms with Gasteiger partial charge in [-0.15, -0.1) is 22.6 Å². The lowest BCUT2D eigenvalue weighted by Gasteiger charge is -2.26. The third-order valence-corrected chi connectivity index (χ3v) is 4.93. The van der Waals surface area contributed by atoms with E-state index in [-0.39, 0.29) is 24.2 Å². The molecule has 1 aromatic carbocycles. The fraction of sp³-hybridized carbons (Fsp3) is 0.400. The minimum atomic E-state index is -0.558.